The van der Waals surface area contributed by atoms with E-state index in [2.05, 4.69) is 184 Å². The molecule has 4 unspecified atom stereocenters. The van der Waals surface area contributed by atoms with E-state index in [-0.39, 0.29) is 0 Å². The maximum Gasteiger partial charge on any atom is -0.000873 e. The van der Waals surface area contributed by atoms with Gasteiger partial charge in [0.1, 0.15) is 0 Å². The van der Waals surface area contributed by atoms with Crippen molar-refractivity contribution < 1.29 is 0 Å². The average molecular weight is 839 g/mol. The largest absolute Gasteiger partial charge is 0.0622 e. The van der Waals surface area contributed by atoms with Gasteiger partial charge in [0.05, 0.1) is 0 Å². The summed E-state index contributed by atoms with van der Waals surface area (Å²) >= 11 is 0. The molecule has 306 valence electrons. The van der Waals surface area contributed by atoms with Gasteiger partial charge in [-0.3, -0.25) is 0 Å². The van der Waals surface area contributed by atoms with Crippen LogP contribution in [-0.2, 0) is 12.8 Å². The number of rotatable bonds is 7. The van der Waals surface area contributed by atoms with Crippen LogP contribution in [0.1, 0.15) is 99.3 Å². The van der Waals surface area contributed by atoms with Crippen molar-refractivity contribution in [2.24, 2.45) is 10.8 Å². The molecule has 0 heterocycles. The van der Waals surface area contributed by atoms with E-state index in [0.29, 0.717) is 22.7 Å². The van der Waals surface area contributed by atoms with Crippen LogP contribution in [-0.4, -0.2) is 0 Å². The van der Waals surface area contributed by atoms with E-state index in [1.807, 2.05) is 0 Å². The highest BCUT2D eigenvalue weighted by Crippen LogP contribution is 2.59. The molecule has 2 saturated carbocycles. The topological polar surface area (TPSA) is 0 Å². The first kappa shape index (κ1) is 38.8. The van der Waals surface area contributed by atoms with Crippen molar-refractivity contribution in [3.05, 3.63) is 192 Å². The van der Waals surface area contributed by atoms with E-state index in [4.69, 9.17) is 0 Å². The second-order valence-corrected chi connectivity index (χ2v) is 24.0. The van der Waals surface area contributed by atoms with Crippen molar-refractivity contribution in [2.45, 2.75) is 89.9 Å². The minimum Gasteiger partial charge on any atom is -0.0622 e. The van der Waals surface area contributed by atoms with E-state index < -0.39 is 15.8 Å². The van der Waals surface area contributed by atoms with Crippen LogP contribution >= 0.6 is 15.8 Å². The van der Waals surface area contributed by atoms with Crippen molar-refractivity contribution in [3.8, 4) is 11.1 Å². The molecule has 0 saturated heterocycles. The molecule has 4 aliphatic carbocycles. The summed E-state index contributed by atoms with van der Waals surface area (Å²) in [7, 11) is -1.81. The molecule has 0 aromatic heterocycles. The fraction of sp³-hybridized carbons (Fsp3) is 0.267. The third-order valence-corrected chi connectivity index (χ3v) is 21.2. The maximum absolute atomic E-state index is 2.61. The Morgan fingerprint density at radius 2 is 0.710 bits per heavy atom. The predicted octanol–water partition coefficient (Wildman–Crippen LogP) is 13.6. The quantitative estimate of drug-likeness (QED) is 0.140. The van der Waals surface area contributed by atoms with Crippen LogP contribution in [0.25, 0.3) is 32.7 Å². The first-order chi connectivity index (χ1) is 30.5. The summed E-state index contributed by atoms with van der Waals surface area (Å²) in [5.41, 5.74) is 10.3. The molecule has 0 nitrogen and oxygen atoms in total. The van der Waals surface area contributed by atoms with Crippen molar-refractivity contribution >= 4 is 69.2 Å². The van der Waals surface area contributed by atoms with Gasteiger partial charge in [0.25, 0.3) is 0 Å². The zero-order valence-electron chi connectivity index (χ0n) is 36.3. The molecule has 0 aliphatic heterocycles. The second kappa shape index (κ2) is 15.4. The van der Waals surface area contributed by atoms with Gasteiger partial charge in [0.2, 0.25) is 0 Å². The fourth-order valence-corrected chi connectivity index (χ4v) is 18.1. The fourth-order valence-electron chi connectivity index (χ4n) is 13.2. The first-order valence-corrected chi connectivity index (χ1v) is 26.2. The molecule has 0 spiro atoms. The Morgan fingerprint density at radius 3 is 1.06 bits per heavy atom. The lowest BCUT2D eigenvalue weighted by Gasteiger charge is -2.39. The van der Waals surface area contributed by atoms with E-state index in [0.717, 1.165) is 0 Å². The minimum atomic E-state index is -0.904. The van der Waals surface area contributed by atoms with Crippen LogP contribution in [0.3, 0.4) is 0 Å². The Kier molecular flexibility index (Phi) is 9.66. The van der Waals surface area contributed by atoms with Gasteiger partial charge in [0, 0.05) is 0 Å². The highest BCUT2D eigenvalue weighted by Gasteiger charge is 2.45. The molecule has 0 amide bonds. The highest BCUT2D eigenvalue weighted by molar-refractivity contribution is 7.80. The minimum absolute atomic E-state index is 0.427. The summed E-state index contributed by atoms with van der Waals surface area (Å²) < 4.78 is 0. The molecule has 2 fully saturated rings. The number of aryl methyl sites for hydroxylation is 2. The Labute approximate surface area is 371 Å². The molecule has 8 aromatic rings. The molecule has 4 atom stereocenters. The Balaban J connectivity index is 1.23. The Hall–Kier alpha value is -4.86. The first-order valence-electron chi connectivity index (χ1n) is 23.5. The average Bonchev–Trinajstić information content (AvgIpc) is 3.93. The van der Waals surface area contributed by atoms with Gasteiger partial charge in [-0.1, -0.05) is 197 Å². The van der Waals surface area contributed by atoms with E-state index in [9.17, 15) is 0 Å². The molecular weight excluding hydrogens is 783 g/mol. The highest BCUT2D eigenvalue weighted by atomic mass is 31.1. The zero-order chi connectivity index (χ0) is 41.4. The van der Waals surface area contributed by atoms with Crippen LogP contribution in [0.2, 0.25) is 0 Å². The molecule has 0 radical (unpaired) electrons. The van der Waals surface area contributed by atoms with Gasteiger partial charge in [-0.05, 0) is 177 Å². The number of fused-ring (bicyclic) bond motifs is 10. The Morgan fingerprint density at radius 1 is 0.371 bits per heavy atom. The molecule has 2 heteroatoms. The number of hydrogen-bond acceptors (Lipinski definition) is 0. The second-order valence-electron chi connectivity index (χ2n) is 19.6. The molecular formula is C60H56P2. The van der Waals surface area contributed by atoms with Crippen LogP contribution in [0.5, 0.6) is 0 Å². The molecule has 62 heavy (non-hydrogen) atoms. The molecule has 8 aromatic carbocycles. The van der Waals surface area contributed by atoms with Crippen LogP contribution < -0.4 is 31.8 Å². The van der Waals surface area contributed by atoms with Gasteiger partial charge < -0.3 is 0 Å². The Bertz CT molecular complexity index is 2670. The van der Waals surface area contributed by atoms with Crippen molar-refractivity contribution in [1.82, 2.24) is 0 Å². The van der Waals surface area contributed by atoms with Crippen molar-refractivity contribution in [2.75, 3.05) is 0 Å². The SMILES string of the molecule is CC12CCCC1c1ccc3c(-c4c(P(c5ccccc5)c5ccccc5)ccc5c6c(ccc45)C4CCCC4(C)CC6)c(P(c4ccccc4)c4ccccc4)ccc3c1CC2. The summed E-state index contributed by atoms with van der Waals surface area (Å²) in [6, 6.07) is 66.6. The lowest BCUT2D eigenvalue weighted by Crippen LogP contribution is -2.28. The molecule has 0 bridgehead atoms. The lowest BCUT2D eigenvalue weighted by atomic mass is 9.66. The number of hydrogen-bond donors (Lipinski definition) is 0. The van der Waals surface area contributed by atoms with E-state index in [1.54, 1.807) is 22.3 Å². The summed E-state index contributed by atoms with van der Waals surface area (Å²) in [6.45, 7) is 5.18. The zero-order valence-corrected chi connectivity index (χ0v) is 38.1. The van der Waals surface area contributed by atoms with E-state index >= 15 is 0 Å². The smallest absolute Gasteiger partial charge is 0.000873 e. The summed E-state index contributed by atoms with van der Waals surface area (Å²) in [4.78, 5) is 0. The van der Waals surface area contributed by atoms with Crippen molar-refractivity contribution in [1.29, 1.82) is 0 Å². The van der Waals surface area contributed by atoms with Crippen LogP contribution in [0.15, 0.2) is 170 Å². The van der Waals surface area contributed by atoms with Crippen LogP contribution in [0.4, 0.5) is 0 Å². The molecule has 0 N–H and O–H groups in total. The van der Waals surface area contributed by atoms with Crippen molar-refractivity contribution in [3.63, 3.8) is 0 Å². The lowest BCUT2D eigenvalue weighted by molar-refractivity contribution is 0.253. The van der Waals surface area contributed by atoms with Gasteiger partial charge in [0.15, 0.2) is 0 Å². The number of benzene rings is 8. The summed E-state index contributed by atoms with van der Waals surface area (Å²) in [6.07, 6.45) is 13.0. The monoisotopic (exact) mass is 838 g/mol. The third kappa shape index (κ3) is 6.22. The van der Waals surface area contributed by atoms with Gasteiger partial charge in [-0.15, -0.1) is 0 Å². The summed E-state index contributed by atoms with van der Waals surface area (Å²) in [5.74, 6) is 1.32. The van der Waals surface area contributed by atoms with Gasteiger partial charge >= 0.3 is 0 Å². The third-order valence-electron chi connectivity index (χ3n) is 16.2. The maximum atomic E-state index is 2.61. The standard InChI is InChI=1S/C60H56P2/c1-59-37-15-25-53(59)49-27-29-51-45(47(49)35-39-59)31-33-55(61(41-17-7-3-8-18-41)42-19-9-4-10-20-42)57(51)58-52-30-28-50-48(36-40-60(2)38-16-26-54(50)60)46(52)32-34-56(58)62(43-21-11-5-12-22-43)44-23-13-6-14-24-44/h3-14,17-24,27-34,53-54H,15-16,25-26,35-40H2,1-2H3. The summed E-state index contributed by atoms with van der Waals surface area (Å²) in [5, 5.41) is 14.4. The molecule has 4 aliphatic rings. The van der Waals surface area contributed by atoms with Crippen LogP contribution in [0, 0.1) is 10.8 Å². The van der Waals surface area contributed by atoms with Gasteiger partial charge in [-0.2, -0.15) is 0 Å². The normalized spacial score (nSPS) is 22.8. The van der Waals surface area contributed by atoms with E-state index in [1.165, 1.54) is 129 Å². The molecule has 12 rings (SSSR count). The predicted molar refractivity (Wildman–Crippen MR) is 270 cm³/mol. The van der Waals surface area contributed by atoms with Gasteiger partial charge in [-0.25, -0.2) is 0 Å².